The SMILES string of the molecule is COCCOc1cc([N+](=O)[O-])c(C(=O)NC2CC3CCC(C2)N3)cc1OC.Cl. The van der Waals surface area contributed by atoms with Gasteiger partial charge in [-0.25, -0.2) is 0 Å². The normalized spacial score (nSPS) is 22.9. The van der Waals surface area contributed by atoms with Crippen LogP contribution in [0.3, 0.4) is 0 Å². The average molecular weight is 416 g/mol. The van der Waals surface area contributed by atoms with Gasteiger partial charge >= 0.3 is 0 Å². The standard InChI is InChI=1S/C18H25N3O6.ClH/c1-25-5-6-27-17-10-15(21(23)24)14(9-16(17)26-2)18(22)20-13-7-11-3-4-12(8-13)19-11;/h9-13,19H,3-8H2,1-2H3,(H,20,22);1H. The number of hydrogen-bond acceptors (Lipinski definition) is 7. The van der Waals surface area contributed by atoms with E-state index in [4.69, 9.17) is 14.2 Å². The van der Waals surface area contributed by atoms with Crippen molar-refractivity contribution in [2.45, 2.75) is 43.8 Å². The number of carbonyl (C=O) groups excluding carboxylic acids is 1. The molecule has 0 saturated carbocycles. The molecule has 2 aliphatic rings. The minimum absolute atomic E-state index is 0. The fourth-order valence-corrected chi connectivity index (χ4v) is 3.83. The Morgan fingerprint density at radius 1 is 1.21 bits per heavy atom. The van der Waals surface area contributed by atoms with Crippen molar-refractivity contribution in [2.75, 3.05) is 27.4 Å². The van der Waals surface area contributed by atoms with Crippen LogP contribution in [0.4, 0.5) is 5.69 Å². The van der Waals surface area contributed by atoms with E-state index < -0.39 is 10.8 Å². The van der Waals surface area contributed by atoms with Crippen LogP contribution in [-0.2, 0) is 4.74 Å². The Bertz CT molecular complexity index is 705. The van der Waals surface area contributed by atoms with Gasteiger partial charge in [0.05, 0.1) is 24.7 Å². The minimum Gasteiger partial charge on any atom is -0.493 e. The van der Waals surface area contributed by atoms with Gasteiger partial charge in [-0.15, -0.1) is 12.4 Å². The highest BCUT2D eigenvalue weighted by Crippen LogP contribution is 2.35. The quantitative estimate of drug-likeness (QED) is 0.379. The topological polar surface area (TPSA) is 112 Å². The Morgan fingerprint density at radius 3 is 2.46 bits per heavy atom. The lowest BCUT2D eigenvalue weighted by Gasteiger charge is -2.29. The molecule has 2 saturated heterocycles. The van der Waals surface area contributed by atoms with Crippen molar-refractivity contribution in [3.63, 3.8) is 0 Å². The molecular formula is C18H26ClN3O6. The molecule has 3 rings (SSSR count). The maximum Gasteiger partial charge on any atom is 0.286 e. The lowest BCUT2D eigenvalue weighted by atomic mass is 9.99. The molecule has 2 aliphatic heterocycles. The largest absolute Gasteiger partial charge is 0.493 e. The molecule has 0 radical (unpaired) electrons. The Kier molecular flexibility index (Phi) is 7.85. The van der Waals surface area contributed by atoms with Gasteiger partial charge in [0.15, 0.2) is 11.5 Å². The fourth-order valence-electron chi connectivity index (χ4n) is 3.83. The minimum atomic E-state index is -0.580. The van der Waals surface area contributed by atoms with Gasteiger partial charge in [-0.05, 0) is 25.7 Å². The monoisotopic (exact) mass is 415 g/mol. The molecule has 2 heterocycles. The molecule has 9 nitrogen and oxygen atoms in total. The van der Waals surface area contributed by atoms with E-state index >= 15 is 0 Å². The number of benzene rings is 1. The Hall–Kier alpha value is -2.10. The van der Waals surface area contributed by atoms with Gasteiger partial charge < -0.3 is 24.8 Å². The molecule has 1 aromatic rings. The molecule has 2 fully saturated rings. The number of ether oxygens (including phenoxy) is 3. The molecule has 156 valence electrons. The van der Waals surface area contributed by atoms with Crippen molar-refractivity contribution in [3.8, 4) is 11.5 Å². The third kappa shape index (κ3) is 5.03. The summed E-state index contributed by atoms with van der Waals surface area (Å²) in [5, 5.41) is 18.0. The van der Waals surface area contributed by atoms with E-state index in [1.807, 2.05) is 0 Å². The number of hydrogen-bond donors (Lipinski definition) is 2. The molecule has 0 aliphatic carbocycles. The first kappa shape index (κ1) is 22.2. The van der Waals surface area contributed by atoms with Crippen molar-refractivity contribution < 1.29 is 23.9 Å². The maximum absolute atomic E-state index is 12.8. The first-order valence-corrected chi connectivity index (χ1v) is 9.07. The highest BCUT2D eigenvalue weighted by molar-refractivity contribution is 5.99. The van der Waals surface area contributed by atoms with Crippen molar-refractivity contribution in [2.24, 2.45) is 0 Å². The van der Waals surface area contributed by atoms with Gasteiger partial charge in [0.1, 0.15) is 12.2 Å². The van der Waals surface area contributed by atoms with E-state index in [2.05, 4.69) is 10.6 Å². The van der Waals surface area contributed by atoms with Gasteiger partial charge in [0.25, 0.3) is 11.6 Å². The summed E-state index contributed by atoms with van der Waals surface area (Å²) in [6, 6.07) is 3.44. The Morgan fingerprint density at radius 2 is 1.89 bits per heavy atom. The van der Waals surface area contributed by atoms with Gasteiger partial charge in [0, 0.05) is 31.3 Å². The molecule has 1 aromatic carbocycles. The summed E-state index contributed by atoms with van der Waals surface area (Å²) in [5.74, 6) is 0.0136. The summed E-state index contributed by atoms with van der Waals surface area (Å²) in [6.07, 6.45) is 3.90. The molecule has 10 heteroatoms. The van der Waals surface area contributed by atoms with Crippen molar-refractivity contribution in [1.82, 2.24) is 10.6 Å². The number of amides is 1. The summed E-state index contributed by atoms with van der Waals surface area (Å²) >= 11 is 0. The van der Waals surface area contributed by atoms with Crippen LogP contribution < -0.4 is 20.1 Å². The van der Waals surface area contributed by atoms with Crippen LogP contribution in [0.1, 0.15) is 36.0 Å². The van der Waals surface area contributed by atoms with Crippen molar-refractivity contribution >= 4 is 24.0 Å². The summed E-state index contributed by atoms with van der Waals surface area (Å²) in [7, 11) is 2.96. The van der Waals surface area contributed by atoms with Gasteiger partial charge in [0.2, 0.25) is 0 Å². The zero-order valence-electron chi connectivity index (χ0n) is 15.9. The zero-order chi connectivity index (χ0) is 19.4. The van der Waals surface area contributed by atoms with Crippen LogP contribution >= 0.6 is 12.4 Å². The van der Waals surface area contributed by atoms with Crippen LogP contribution in [0, 0.1) is 10.1 Å². The van der Waals surface area contributed by atoms with E-state index in [1.165, 1.54) is 26.4 Å². The van der Waals surface area contributed by atoms with E-state index in [9.17, 15) is 14.9 Å². The molecule has 2 bridgehead atoms. The zero-order valence-corrected chi connectivity index (χ0v) is 16.8. The molecule has 2 N–H and O–H groups in total. The predicted molar refractivity (Wildman–Crippen MR) is 105 cm³/mol. The number of nitro groups is 1. The number of halogens is 1. The van der Waals surface area contributed by atoms with Crippen molar-refractivity contribution in [3.05, 3.63) is 27.8 Å². The number of nitro benzene ring substituents is 1. The van der Waals surface area contributed by atoms with Crippen LogP contribution in [0.5, 0.6) is 11.5 Å². The number of nitrogens with one attached hydrogen (secondary N) is 2. The maximum atomic E-state index is 12.8. The van der Waals surface area contributed by atoms with Crippen LogP contribution in [0.15, 0.2) is 12.1 Å². The highest BCUT2D eigenvalue weighted by Gasteiger charge is 2.35. The molecule has 0 aromatic heterocycles. The van der Waals surface area contributed by atoms with E-state index in [1.54, 1.807) is 0 Å². The number of nitrogens with zero attached hydrogens (tertiary/aromatic N) is 1. The van der Waals surface area contributed by atoms with Gasteiger partial charge in [-0.1, -0.05) is 0 Å². The Labute approximate surface area is 169 Å². The van der Waals surface area contributed by atoms with Crippen molar-refractivity contribution in [1.29, 1.82) is 0 Å². The molecule has 1 amide bonds. The number of fused-ring (bicyclic) bond motifs is 2. The first-order chi connectivity index (χ1) is 13.0. The first-order valence-electron chi connectivity index (χ1n) is 9.07. The number of methoxy groups -OCH3 is 2. The summed E-state index contributed by atoms with van der Waals surface area (Å²) < 4.78 is 15.7. The summed E-state index contributed by atoms with van der Waals surface area (Å²) in [6.45, 7) is 0.546. The number of piperidine rings is 1. The molecular weight excluding hydrogens is 390 g/mol. The summed E-state index contributed by atoms with van der Waals surface area (Å²) in [4.78, 5) is 23.7. The third-order valence-corrected chi connectivity index (χ3v) is 5.08. The van der Waals surface area contributed by atoms with Crippen LogP contribution in [0.25, 0.3) is 0 Å². The van der Waals surface area contributed by atoms with Crippen LogP contribution in [-0.4, -0.2) is 56.4 Å². The molecule has 2 unspecified atom stereocenters. The van der Waals surface area contributed by atoms with E-state index in [0.717, 1.165) is 25.7 Å². The van der Waals surface area contributed by atoms with Gasteiger partial charge in [-0.3, -0.25) is 14.9 Å². The smallest absolute Gasteiger partial charge is 0.286 e. The fraction of sp³-hybridized carbons (Fsp3) is 0.611. The summed E-state index contributed by atoms with van der Waals surface area (Å²) in [5.41, 5.74) is -0.334. The predicted octanol–water partition coefficient (Wildman–Crippen LogP) is 2.06. The third-order valence-electron chi connectivity index (χ3n) is 5.08. The average Bonchev–Trinajstić information content (AvgIpc) is 2.99. The molecule has 0 spiro atoms. The number of rotatable bonds is 8. The van der Waals surface area contributed by atoms with E-state index in [-0.39, 0.29) is 47.8 Å². The second kappa shape index (κ2) is 9.90. The highest BCUT2D eigenvalue weighted by atomic mass is 35.5. The second-order valence-corrected chi connectivity index (χ2v) is 6.90. The number of carbonyl (C=O) groups is 1. The van der Waals surface area contributed by atoms with Gasteiger partial charge in [-0.2, -0.15) is 0 Å². The Balaban J connectivity index is 0.00000280. The lowest BCUT2D eigenvalue weighted by molar-refractivity contribution is -0.385. The van der Waals surface area contributed by atoms with E-state index in [0.29, 0.717) is 18.7 Å². The molecule has 2 atom stereocenters. The lowest BCUT2D eigenvalue weighted by Crippen LogP contribution is -2.48. The van der Waals surface area contributed by atoms with Crippen LogP contribution in [0.2, 0.25) is 0 Å². The second-order valence-electron chi connectivity index (χ2n) is 6.90. The molecule has 28 heavy (non-hydrogen) atoms.